The van der Waals surface area contributed by atoms with Gasteiger partial charge in [-0.1, -0.05) is 19.3 Å². The van der Waals surface area contributed by atoms with Crippen molar-refractivity contribution < 1.29 is 9.94 Å². The van der Waals surface area contributed by atoms with E-state index in [9.17, 15) is 5.11 Å². The van der Waals surface area contributed by atoms with Crippen molar-refractivity contribution in [2.75, 3.05) is 19.7 Å². The van der Waals surface area contributed by atoms with Crippen molar-refractivity contribution in [3.63, 3.8) is 0 Å². The lowest BCUT2D eigenvalue weighted by Crippen LogP contribution is -2.28. The number of aliphatic hydroxyl groups is 1. The summed E-state index contributed by atoms with van der Waals surface area (Å²) < 4.78 is 0. The summed E-state index contributed by atoms with van der Waals surface area (Å²) in [5, 5.41) is 11.2. The van der Waals surface area contributed by atoms with Crippen LogP contribution < -0.4 is 0 Å². The van der Waals surface area contributed by atoms with Gasteiger partial charge in [-0.25, -0.2) is 0 Å². The summed E-state index contributed by atoms with van der Waals surface area (Å²) in [7, 11) is 0. The highest BCUT2D eigenvalue weighted by atomic mass is 16.7. The van der Waals surface area contributed by atoms with E-state index in [0.717, 1.165) is 12.5 Å². The molecule has 1 saturated carbocycles. The van der Waals surface area contributed by atoms with E-state index in [1.807, 2.05) is 5.06 Å². The molecule has 0 aromatic heterocycles. The Kier molecular flexibility index (Phi) is 3.19. The molecule has 0 bridgehead atoms. The molecule has 2 rings (SSSR count). The first-order chi connectivity index (χ1) is 6.34. The number of hydrogen-bond donors (Lipinski definition) is 1. The molecule has 3 heteroatoms. The zero-order chi connectivity index (χ0) is 9.10. The monoisotopic (exact) mass is 185 g/mol. The van der Waals surface area contributed by atoms with Gasteiger partial charge in [0, 0.05) is 6.54 Å². The van der Waals surface area contributed by atoms with Crippen LogP contribution in [0.1, 0.15) is 32.1 Å². The normalized spacial score (nSPS) is 32.5. The molecule has 2 fully saturated rings. The maximum absolute atomic E-state index is 9.26. The van der Waals surface area contributed by atoms with Crippen LogP contribution in [0.25, 0.3) is 0 Å². The van der Waals surface area contributed by atoms with Gasteiger partial charge in [-0.2, -0.15) is 5.06 Å². The predicted octanol–water partition coefficient (Wildman–Crippen LogP) is 1.17. The topological polar surface area (TPSA) is 32.7 Å². The predicted molar refractivity (Wildman–Crippen MR) is 50.1 cm³/mol. The third-order valence-electron chi connectivity index (χ3n) is 3.05. The molecule has 0 aromatic rings. The molecule has 76 valence electrons. The van der Waals surface area contributed by atoms with Crippen LogP contribution >= 0.6 is 0 Å². The first-order valence-electron chi connectivity index (χ1n) is 5.40. The molecular formula is C10H19NO2. The van der Waals surface area contributed by atoms with Crippen molar-refractivity contribution in [1.82, 2.24) is 5.06 Å². The van der Waals surface area contributed by atoms with Gasteiger partial charge in [-0.15, -0.1) is 0 Å². The number of rotatable bonds is 2. The minimum absolute atomic E-state index is 0.261. The third-order valence-corrected chi connectivity index (χ3v) is 3.05. The van der Waals surface area contributed by atoms with E-state index in [-0.39, 0.29) is 6.10 Å². The summed E-state index contributed by atoms with van der Waals surface area (Å²) in [6, 6.07) is 0. The maximum Gasteiger partial charge on any atom is 0.0958 e. The Morgan fingerprint density at radius 1 is 1.23 bits per heavy atom. The van der Waals surface area contributed by atoms with E-state index in [1.54, 1.807) is 0 Å². The van der Waals surface area contributed by atoms with Crippen molar-refractivity contribution in [2.24, 2.45) is 5.92 Å². The van der Waals surface area contributed by atoms with Crippen molar-refractivity contribution in [3.05, 3.63) is 0 Å². The van der Waals surface area contributed by atoms with Crippen LogP contribution in [0.2, 0.25) is 0 Å². The van der Waals surface area contributed by atoms with Crippen LogP contribution in [0, 0.1) is 5.92 Å². The standard InChI is InChI=1S/C10H19NO2/c12-10-7-11(13-8-10)6-9-4-2-1-3-5-9/h9-10,12H,1-8H2. The Bertz CT molecular complexity index is 154. The van der Waals surface area contributed by atoms with Crippen LogP contribution in [0.15, 0.2) is 0 Å². The number of β-amino-alcohol motifs (C(OH)–C–C–N with tert-alkyl or cyclic N) is 1. The summed E-state index contributed by atoms with van der Waals surface area (Å²) in [5.41, 5.74) is 0. The number of nitrogens with zero attached hydrogens (tertiary/aromatic N) is 1. The zero-order valence-corrected chi connectivity index (χ0v) is 8.11. The molecule has 0 spiro atoms. The Morgan fingerprint density at radius 3 is 2.62 bits per heavy atom. The second kappa shape index (κ2) is 4.40. The molecule has 0 aromatic carbocycles. The van der Waals surface area contributed by atoms with Crippen LogP contribution in [0.3, 0.4) is 0 Å². The minimum atomic E-state index is -0.261. The van der Waals surface area contributed by atoms with Crippen LogP contribution in [0.5, 0.6) is 0 Å². The molecular weight excluding hydrogens is 166 g/mol. The fraction of sp³-hybridized carbons (Fsp3) is 1.00. The Labute approximate surface area is 79.6 Å². The SMILES string of the molecule is OC1CON(CC2CCCCC2)C1. The van der Waals surface area contributed by atoms with Gasteiger partial charge in [0.25, 0.3) is 0 Å². The zero-order valence-electron chi connectivity index (χ0n) is 8.11. The van der Waals surface area contributed by atoms with Gasteiger partial charge < -0.3 is 5.11 Å². The largest absolute Gasteiger partial charge is 0.389 e. The highest BCUT2D eigenvalue weighted by Crippen LogP contribution is 2.25. The highest BCUT2D eigenvalue weighted by molar-refractivity contribution is 4.71. The maximum atomic E-state index is 9.26. The summed E-state index contributed by atoms with van der Waals surface area (Å²) in [6.07, 6.45) is 6.58. The summed E-state index contributed by atoms with van der Waals surface area (Å²) in [5.74, 6) is 0.805. The number of aliphatic hydroxyl groups excluding tert-OH is 1. The molecule has 2 aliphatic rings. The van der Waals surface area contributed by atoms with E-state index < -0.39 is 0 Å². The molecule has 1 saturated heterocycles. The van der Waals surface area contributed by atoms with Gasteiger partial charge in [0.1, 0.15) is 0 Å². The molecule has 3 nitrogen and oxygen atoms in total. The number of hydroxylamine groups is 2. The van der Waals surface area contributed by atoms with Gasteiger partial charge in [0.2, 0.25) is 0 Å². The van der Waals surface area contributed by atoms with Gasteiger partial charge in [-0.05, 0) is 18.8 Å². The van der Waals surface area contributed by atoms with E-state index in [1.165, 1.54) is 32.1 Å². The van der Waals surface area contributed by atoms with Gasteiger partial charge in [0.15, 0.2) is 0 Å². The van der Waals surface area contributed by atoms with Crippen molar-refractivity contribution in [1.29, 1.82) is 0 Å². The van der Waals surface area contributed by atoms with Gasteiger partial charge in [-0.3, -0.25) is 4.84 Å². The van der Waals surface area contributed by atoms with Gasteiger partial charge in [0.05, 0.1) is 19.3 Å². The second-order valence-corrected chi connectivity index (χ2v) is 4.30. The first-order valence-corrected chi connectivity index (χ1v) is 5.40. The van der Waals surface area contributed by atoms with E-state index in [4.69, 9.17) is 4.84 Å². The quantitative estimate of drug-likeness (QED) is 0.701. The summed E-state index contributed by atoms with van der Waals surface area (Å²) in [4.78, 5) is 5.35. The lowest BCUT2D eigenvalue weighted by Gasteiger charge is -2.25. The molecule has 1 aliphatic heterocycles. The van der Waals surface area contributed by atoms with Gasteiger partial charge >= 0.3 is 0 Å². The molecule has 1 heterocycles. The number of hydrogen-bond acceptors (Lipinski definition) is 3. The fourth-order valence-electron chi connectivity index (χ4n) is 2.32. The molecule has 1 unspecified atom stereocenters. The van der Waals surface area contributed by atoms with E-state index in [2.05, 4.69) is 0 Å². The van der Waals surface area contributed by atoms with Crippen molar-refractivity contribution in [2.45, 2.75) is 38.2 Å². The third kappa shape index (κ3) is 2.66. The molecule has 1 atom stereocenters. The molecule has 1 aliphatic carbocycles. The smallest absolute Gasteiger partial charge is 0.0958 e. The van der Waals surface area contributed by atoms with Crippen molar-refractivity contribution in [3.8, 4) is 0 Å². The molecule has 1 N–H and O–H groups in total. The average molecular weight is 185 g/mol. The van der Waals surface area contributed by atoms with Crippen LogP contribution in [0.4, 0.5) is 0 Å². The lowest BCUT2D eigenvalue weighted by atomic mass is 9.89. The lowest BCUT2D eigenvalue weighted by molar-refractivity contribution is -0.121. The summed E-state index contributed by atoms with van der Waals surface area (Å²) in [6.45, 7) is 2.22. The molecule has 0 radical (unpaired) electrons. The fourth-order valence-corrected chi connectivity index (χ4v) is 2.32. The Hall–Kier alpha value is -0.120. The average Bonchev–Trinajstić information content (AvgIpc) is 2.53. The second-order valence-electron chi connectivity index (χ2n) is 4.30. The van der Waals surface area contributed by atoms with Crippen LogP contribution in [-0.2, 0) is 4.84 Å². The Balaban J connectivity index is 1.71. The van der Waals surface area contributed by atoms with Crippen LogP contribution in [-0.4, -0.2) is 36.0 Å². The van der Waals surface area contributed by atoms with E-state index >= 15 is 0 Å². The Morgan fingerprint density at radius 2 is 2.00 bits per heavy atom. The molecule has 13 heavy (non-hydrogen) atoms. The minimum Gasteiger partial charge on any atom is -0.389 e. The highest BCUT2D eigenvalue weighted by Gasteiger charge is 2.24. The first kappa shape index (κ1) is 9.44. The van der Waals surface area contributed by atoms with Crippen molar-refractivity contribution >= 4 is 0 Å². The summed E-state index contributed by atoms with van der Waals surface area (Å²) >= 11 is 0. The molecule has 0 amide bonds. The van der Waals surface area contributed by atoms with E-state index in [0.29, 0.717) is 13.2 Å².